The lowest BCUT2D eigenvalue weighted by Gasteiger charge is -2.23. The normalized spacial score (nSPS) is 18.5. The van der Waals surface area contributed by atoms with E-state index in [1.807, 2.05) is 13.0 Å². The smallest absolute Gasteiger partial charge is 0.306 e. The molecule has 2 rings (SSSR count). The van der Waals surface area contributed by atoms with E-state index in [0.29, 0.717) is 18.7 Å². The molecule has 1 aliphatic carbocycles. The van der Waals surface area contributed by atoms with Crippen molar-refractivity contribution in [2.24, 2.45) is 0 Å². The van der Waals surface area contributed by atoms with E-state index in [2.05, 4.69) is 4.98 Å². The Morgan fingerprint density at radius 3 is 3.24 bits per heavy atom. The molecule has 4 heteroatoms. The molecule has 1 aromatic rings. The number of hydrogen-bond donors (Lipinski definition) is 1. The predicted molar refractivity (Wildman–Crippen MR) is 65.6 cm³/mol. The van der Waals surface area contributed by atoms with Crippen LogP contribution in [0.3, 0.4) is 0 Å². The van der Waals surface area contributed by atoms with E-state index in [0.717, 1.165) is 25.0 Å². The molecular formula is C13H18N2O2. The summed E-state index contributed by atoms with van der Waals surface area (Å²) in [4.78, 5) is 15.9. The van der Waals surface area contributed by atoms with Gasteiger partial charge in [0.1, 0.15) is 0 Å². The SMILES string of the molecule is CCOC(=O)C[C@@H]1CCCc2cc(N)cnc21. The lowest BCUT2D eigenvalue weighted by molar-refractivity contribution is -0.143. The number of aryl methyl sites for hydroxylation is 1. The van der Waals surface area contributed by atoms with Crippen LogP contribution in [0.15, 0.2) is 12.3 Å². The van der Waals surface area contributed by atoms with E-state index in [1.54, 1.807) is 6.20 Å². The zero-order chi connectivity index (χ0) is 12.3. The molecule has 2 N–H and O–H groups in total. The van der Waals surface area contributed by atoms with Crippen molar-refractivity contribution >= 4 is 11.7 Å². The van der Waals surface area contributed by atoms with Crippen molar-refractivity contribution in [3.8, 4) is 0 Å². The zero-order valence-corrected chi connectivity index (χ0v) is 10.1. The van der Waals surface area contributed by atoms with Gasteiger partial charge in [0.25, 0.3) is 0 Å². The first-order chi connectivity index (χ1) is 8.20. The highest BCUT2D eigenvalue weighted by atomic mass is 16.5. The summed E-state index contributed by atoms with van der Waals surface area (Å²) in [6, 6.07) is 1.97. The van der Waals surface area contributed by atoms with Gasteiger partial charge in [-0.3, -0.25) is 9.78 Å². The van der Waals surface area contributed by atoms with Crippen LogP contribution < -0.4 is 5.73 Å². The first kappa shape index (κ1) is 11.9. The van der Waals surface area contributed by atoms with E-state index in [1.165, 1.54) is 5.56 Å². The number of rotatable bonds is 3. The number of nitrogens with two attached hydrogens (primary N) is 1. The molecule has 0 unspecified atom stereocenters. The fourth-order valence-corrected chi connectivity index (χ4v) is 2.40. The second-order valence-corrected chi connectivity index (χ2v) is 4.41. The Labute approximate surface area is 101 Å². The third-order valence-corrected chi connectivity index (χ3v) is 3.13. The first-order valence-corrected chi connectivity index (χ1v) is 6.10. The van der Waals surface area contributed by atoms with E-state index in [-0.39, 0.29) is 11.9 Å². The molecule has 1 aromatic heterocycles. The fourth-order valence-electron chi connectivity index (χ4n) is 2.40. The largest absolute Gasteiger partial charge is 0.466 e. The summed E-state index contributed by atoms with van der Waals surface area (Å²) in [5, 5.41) is 0. The van der Waals surface area contributed by atoms with Crippen LogP contribution in [0.2, 0.25) is 0 Å². The van der Waals surface area contributed by atoms with Crippen molar-refractivity contribution in [2.45, 2.75) is 38.5 Å². The third kappa shape index (κ3) is 2.75. The molecule has 17 heavy (non-hydrogen) atoms. The molecule has 0 radical (unpaired) electrons. The summed E-state index contributed by atoms with van der Waals surface area (Å²) in [6.07, 6.45) is 5.19. The van der Waals surface area contributed by atoms with E-state index in [4.69, 9.17) is 10.5 Å². The number of nitrogens with zero attached hydrogens (tertiary/aromatic N) is 1. The monoisotopic (exact) mass is 234 g/mol. The lowest BCUT2D eigenvalue weighted by atomic mass is 9.84. The van der Waals surface area contributed by atoms with Gasteiger partial charge in [0.05, 0.1) is 24.9 Å². The lowest BCUT2D eigenvalue weighted by Crippen LogP contribution is -2.17. The molecule has 0 spiro atoms. The molecule has 0 bridgehead atoms. The number of carbonyl (C=O) groups excluding carboxylic acids is 1. The number of carbonyl (C=O) groups is 1. The number of nitrogen functional groups attached to an aromatic ring is 1. The maximum absolute atomic E-state index is 11.5. The first-order valence-electron chi connectivity index (χ1n) is 6.10. The third-order valence-electron chi connectivity index (χ3n) is 3.13. The minimum atomic E-state index is -0.135. The highest BCUT2D eigenvalue weighted by Gasteiger charge is 2.24. The van der Waals surface area contributed by atoms with Crippen molar-refractivity contribution in [1.82, 2.24) is 4.98 Å². The van der Waals surface area contributed by atoms with Crippen LogP contribution in [0.4, 0.5) is 5.69 Å². The summed E-state index contributed by atoms with van der Waals surface area (Å²) >= 11 is 0. The van der Waals surface area contributed by atoms with Crippen LogP contribution in [0, 0.1) is 0 Å². The van der Waals surface area contributed by atoms with Gasteiger partial charge in [-0.25, -0.2) is 0 Å². The van der Waals surface area contributed by atoms with Crippen molar-refractivity contribution in [3.05, 3.63) is 23.5 Å². The number of ether oxygens (including phenoxy) is 1. The van der Waals surface area contributed by atoms with Gasteiger partial charge < -0.3 is 10.5 Å². The maximum atomic E-state index is 11.5. The quantitative estimate of drug-likeness (QED) is 0.813. The Hall–Kier alpha value is -1.58. The molecule has 1 atom stereocenters. The summed E-state index contributed by atoms with van der Waals surface area (Å²) < 4.78 is 4.99. The maximum Gasteiger partial charge on any atom is 0.306 e. The summed E-state index contributed by atoms with van der Waals surface area (Å²) in [6.45, 7) is 2.26. The van der Waals surface area contributed by atoms with Gasteiger partial charge in [0.15, 0.2) is 0 Å². The van der Waals surface area contributed by atoms with Gasteiger partial charge in [-0.2, -0.15) is 0 Å². The van der Waals surface area contributed by atoms with Gasteiger partial charge in [-0.1, -0.05) is 0 Å². The van der Waals surface area contributed by atoms with Crippen LogP contribution >= 0.6 is 0 Å². The Morgan fingerprint density at radius 2 is 2.47 bits per heavy atom. The Morgan fingerprint density at radius 1 is 1.65 bits per heavy atom. The Bertz CT molecular complexity index is 418. The average molecular weight is 234 g/mol. The highest BCUT2D eigenvalue weighted by Crippen LogP contribution is 2.33. The van der Waals surface area contributed by atoms with Crippen molar-refractivity contribution < 1.29 is 9.53 Å². The Balaban J connectivity index is 2.14. The minimum absolute atomic E-state index is 0.135. The molecule has 92 valence electrons. The standard InChI is InChI=1S/C13H18N2O2/c1-2-17-12(16)7-10-5-3-4-9-6-11(14)8-15-13(9)10/h6,8,10H,2-5,7,14H2,1H3/t10-/m0/s1. The molecule has 0 saturated carbocycles. The van der Waals surface area contributed by atoms with Gasteiger partial charge in [0.2, 0.25) is 0 Å². The molecule has 0 saturated heterocycles. The summed E-state index contributed by atoms with van der Waals surface area (Å²) in [5.74, 6) is 0.0578. The van der Waals surface area contributed by atoms with Crippen LogP contribution in [-0.4, -0.2) is 17.6 Å². The van der Waals surface area contributed by atoms with Crippen molar-refractivity contribution in [1.29, 1.82) is 0 Å². The fraction of sp³-hybridized carbons (Fsp3) is 0.538. The number of anilines is 1. The predicted octanol–water partition coefficient (Wildman–Crippen LogP) is 2.04. The van der Waals surface area contributed by atoms with Crippen LogP contribution in [0.5, 0.6) is 0 Å². The molecule has 0 aromatic carbocycles. The number of aromatic nitrogens is 1. The second-order valence-electron chi connectivity index (χ2n) is 4.41. The van der Waals surface area contributed by atoms with Crippen molar-refractivity contribution in [3.63, 3.8) is 0 Å². The van der Waals surface area contributed by atoms with Gasteiger partial charge in [-0.15, -0.1) is 0 Å². The second kappa shape index (κ2) is 5.17. The van der Waals surface area contributed by atoms with E-state index < -0.39 is 0 Å². The Kier molecular flexibility index (Phi) is 3.61. The highest BCUT2D eigenvalue weighted by molar-refractivity contribution is 5.70. The average Bonchev–Trinajstić information content (AvgIpc) is 2.29. The molecule has 0 amide bonds. The summed E-state index contributed by atoms with van der Waals surface area (Å²) in [7, 11) is 0. The molecule has 4 nitrogen and oxygen atoms in total. The molecule has 1 heterocycles. The number of fused-ring (bicyclic) bond motifs is 1. The zero-order valence-electron chi connectivity index (χ0n) is 10.1. The summed E-state index contributed by atoms with van der Waals surface area (Å²) in [5.41, 5.74) is 8.63. The molecular weight excluding hydrogens is 216 g/mol. The van der Waals surface area contributed by atoms with Gasteiger partial charge in [0, 0.05) is 11.6 Å². The molecule has 1 aliphatic rings. The van der Waals surface area contributed by atoms with Crippen LogP contribution in [0.25, 0.3) is 0 Å². The van der Waals surface area contributed by atoms with E-state index >= 15 is 0 Å². The number of esters is 1. The minimum Gasteiger partial charge on any atom is -0.466 e. The number of pyridine rings is 1. The van der Waals surface area contributed by atoms with Gasteiger partial charge in [-0.05, 0) is 37.8 Å². The van der Waals surface area contributed by atoms with Crippen LogP contribution in [0.1, 0.15) is 43.4 Å². The molecule has 0 fully saturated rings. The van der Waals surface area contributed by atoms with E-state index in [9.17, 15) is 4.79 Å². The van der Waals surface area contributed by atoms with Crippen molar-refractivity contribution in [2.75, 3.05) is 12.3 Å². The van der Waals surface area contributed by atoms with Gasteiger partial charge >= 0.3 is 5.97 Å². The number of hydrogen-bond acceptors (Lipinski definition) is 4. The topological polar surface area (TPSA) is 65.2 Å². The molecule has 0 aliphatic heterocycles. The van der Waals surface area contributed by atoms with Crippen LogP contribution in [-0.2, 0) is 16.0 Å².